The molecule has 2 N–H and O–H groups in total. The van der Waals surface area contributed by atoms with Crippen molar-refractivity contribution in [3.05, 3.63) is 47.0 Å². The monoisotopic (exact) mass is 484 g/mol. The fourth-order valence-corrected chi connectivity index (χ4v) is 4.16. The molecule has 174 valence electrons. The Labute approximate surface area is 191 Å². The molecule has 1 amide bonds. The Kier molecular flexibility index (Phi) is 8.73. The average Bonchev–Trinajstić information content (AvgIpc) is 2.72. The SMILES string of the molecule is CCN(CC)C(=O)COc1ccc(NS(=O)(=O)c2ccc(OCC(=O)O)c(C)c2)cc1Cl. The average molecular weight is 485 g/mol. The number of ether oxygens (including phenoxy) is 2. The number of sulfonamides is 1. The second-order valence-corrected chi connectivity index (χ2v) is 8.80. The summed E-state index contributed by atoms with van der Waals surface area (Å²) >= 11 is 6.19. The Morgan fingerprint density at radius 3 is 2.22 bits per heavy atom. The number of carboxylic acid groups (broad SMARTS) is 1. The Morgan fingerprint density at radius 2 is 1.66 bits per heavy atom. The highest BCUT2D eigenvalue weighted by Crippen LogP contribution is 2.29. The molecule has 0 saturated heterocycles. The van der Waals surface area contributed by atoms with Crippen molar-refractivity contribution in [1.82, 2.24) is 4.90 Å². The molecule has 0 aromatic heterocycles. The molecule has 0 aliphatic rings. The number of nitrogens with one attached hydrogen (secondary N) is 1. The number of benzene rings is 2. The molecule has 2 aromatic carbocycles. The number of halogens is 1. The van der Waals surface area contributed by atoms with Gasteiger partial charge in [-0.2, -0.15) is 0 Å². The molecule has 0 bridgehead atoms. The molecular weight excluding hydrogens is 460 g/mol. The van der Waals surface area contributed by atoms with Crippen molar-refractivity contribution in [2.24, 2.45) is 0 Å². The molecule has 9 nitrogen and oxygen atoms in total. The standard InChI is InChI=1S/C21H25ClN2O7S/c1-4-24(5-2)20(25)12-30-19-8-6-15(11-17(19)22)23-32(28,29)16-7-9-18(14(3)10-16)31-13-21(26)27/h6-11,23H,4-5,12-13H2,1-3H3,(H,26,27). The number of aryl methyl sites for hydroxylation is 1. The number of carbonyl (C=O) groups excluding carboxylic acids is 1. The van der Waals surface area contributed by atoms with E-state index in [0.29, 0.717) is 18.7 Å². The lowest BCUT2D eigenvalue weighted by atomic mass is 10.2. The molecule has 0 saturated carbocycles. The topological polar surface area (TPSA) is 122 Å². The zero-order valence-corrected chi connectivity index (χ0v) is 19.5. The van der Waals surface area contributed by atoms with Gasteiger partial charge in [0, 0.05) is 13.1 Å². The van der Waals surface area contributed by atoms with Crippen molar-refractivity contribution in [2.75, 3.05) is 31.0 Å². The van der Waals surface area contributed by atoms with Crippen molar-refractivity contribution in [3.63, 3.8) is 0 Å². The predicted octanol–water partition coefficient (Wildman–Crippen LogP) is 3.16. The fourth-order valence-electron chi connectivity index (χ4n) is 2.79. The van der Waals surface area contributed by atoms with Crippen LogP contribution >= 0.6 is 11.6 Å². The molecule has 2 rings (SSSR count). The smallest absolute Gasteiger partial charge is 0.341 e. The summed E-state index contributed by atoms with van der Waals surface area (Å²) in [5.74, 6) is -0.785. The highest BCUT2D eigenvalue weighted by atomic mass is 35.5. The van der Waals surface area contributed by atoms with E-state index in [1.165, 1.54) is 36.4 Å². The minimum absolute atomic E-state index is 0.0288. The van der Waals surface area contributed by atoms with Crippen molar-refractivity contribution in [2.45, 2.75) is 25.7 Å². The summed E-state index contributed by atoms with van der Waals surface area (Å²) < 4.78 is 38.4. The van der Waals surface area contributed by atoms with Crippen LogP contribution in [0.5, 0.6) is 11.5 Å². The number of aliphatic carboxylic acids is 1. The van der Waals surface area contributed by atoms with Gasteiger partial charge >= 0.3 is 5.97 Å². The summed E-state index contributed by atoms with van der Waals surface area (Å²) in [6, 6.07) is 8.40. The van der Waals surface area contributed by atoms with E-state index < -0.39 is 22.6 Å². The first-order valence-electron chi connectivity index (χ1n) is 9.75. The van der Waals surface area contributed by atoms with Gasteiger partial charge in [0.15, 0.2) is 13.2 Å². The number of carboxylic acids is 1. The van der Waals surface area contributed by atoms with Gasteiger partial charge < -0.3 is 19.5 Å². The summed E-state index contributed by atoms with van der Waals surface area (Å²) in [7, 11) is -3.94. The van der Waals surface area contributed by atoms with Crippen molar-refractivity contribution >= 4 is 39.2 Å². The maximum absolute atomic E-state index is 12.7. The lowest BCUT2D eigenvalue weighted by Gasteiger charge is -2.19. The van der Waals surface area contributed by atoms with E-state index in [-0.39, 0.29) is 39.6 Å². The molecule has 11 heteroatoms. The van der Waals surface area contributed by atoms with E-state index >= 15 is 0 Å². The molecule has 2 aromatic rings. The van der Waals surface area contributed by atoms with E-state index in [1.807, 2.05) is 13.8 Å². The number of amides is 1. The van der Waals surface area contributed by atoms with Crippen LogP contribution in [-0.2, 0) is 19.6 Å². The van der Waals surface area contributed by atoms with Gasteiger partial charge in [-0.25, -0.2) is 13.2 Å². The van der Waals surface area contributed by atoms with Crippen molar-refractivity contribution < 1.29 is 32.6 Å². The maximum atomic E-state index is 12.7. The number of rotatable bonds is 11. The molecule has 0 aliphatic carbocycles. The van der Waals surface area contributed by atoms with Crippen LogP contribution in [0.25, 0.3) is 0 Å². The van der Waals surface area contributed by atoms with Crippen LogP contribution in [0.15, 0.2) is 41.3 Å². The van der Waals surface area contributed by atoms with Crippen LogP contribution < -0.4 is 14.2 Å². The largest absolute Gasteiger partial charge is 0.482 e. The van der Waals surface area contributed by atoms with Gasteiger partial charge in [0.05, 0.1) is 15.6 Å². The van der Waals surface area contributed by atoms with Gasteiger partial charge in [-0.15, -0.1) is 0 Å². The quantitative estimate of drug-likeness (QED) is 0.502. The molecule has 0 fully saturated rings. The van der Waals surface area contributed by atoms with Gasteiger partial charge in [0.1, 0.15) is 11.5 Å². The Balaban J connectivity index is 2.10. The van der Waals surface area contributed by atoms with Crippen LogP contribution in [-0.4, -0.2) is 56.6 Å². The molecule has 0 atom stereocenters. The van der Waals surface area contributed by atoms with E-state index in [2.05, 4.69) is 4.72 Å². The summed E-state index contributed by atoms with van der Waals surface area (Å²) in [5.41, 5.74) is 0.676. The minimum atomic E-state index is -3.94. The molecule has 32 heavy (non-hydrogen) atoms. The summed E-state index contributed by atoms with van der Waals surface area (Å²) in [4.78, 5) is 24.3. The summed E-state index contributed by atoms with van der Waals surface area (Å²) in [6.07, 6.45) is 0. The Morgan fingerprint density at radius 1 is 1.03 bits per heavy atom. The van der Waals surface area contributed by atoms with Crippen LogP contribution in [0, 0.1) is 6.92 Å². The molecule has 0 aliphatic heterocycles. The molecule has 0 spiro atoms. The van der Waals surface area contributed by atoms with Crippen molar-refractivity contribution in [3.8, 4) is 11.5 Å². The highest BCUT2D eigenvalue weighted by molar-refractivity contribution is 7.92. The molecular formula is C21H25ClN2O7S. The lowest BCUT2D eigenvalue weighted by Crippen LogP contribution is -2.34. The van der Waals surface area contributed by atoms with Gasteiger partial charge in [-0.1, -0.05) is 11.6 Å². The normalized spacial score (nSPS) is 11.0. The number of hydrogen-bond acceptors (Lipinski definition) is 6. The second-order valence-electron chi connectivity index (χ2n) is 6.72. The van der Waals surface area contributed by atoms with Crippen LogP contribution in [0.4, 0.5) is 5.69 Å². The molecule has 0 heterocycles. The first-order chi connectivity index (χ1) is 15.1. The number of hydrogen-bond donors (Lipinski definition) is 2. The Hall–Kier alpha value is -2.98. The number of nitrogens with zero attached hydrogens (tertiary/aromatic N) is 1. The second kappa shape index (κ2) is 11.1. The summed E-state index contributed by atoms with van der Waals surface area (Å²) in [5, 5.41) is 8.84. The molecule has 0 unspecified atom stereocenters. The van der Waals surface area contributed by atoms with Gasteiger partial charge in [0.25, 0.3) is 15.9 Å². The third-order valence-corrected chi connectivity index (χ3v) is 6.13. The maximum Gasteiger partial charge on any atom is 0.341 e. The van der Waals surface area contributed by atoms with Gasteiger partial charge in [-0.3, -0.25) is 9.52 Å². The summed E-state index contributed by atoms with van der Waals surface area (Å²) in [6.45, 7) is 5.78. The third kappa shape index (κ3) is 6.76. The number of anilines is 1. The number of likely N-dealkylation sites (N-methyl/N-ethyl adjacent to an activating group) is 1. The van der Waals surface area contributed by atoms with Crippen LogP contribution in [0.3, 0.4) is 0 Å². The zero-order chi connectivity index (χ0) is 23.9. The van der Waals surface area contributed by atoms with E-state index in [0.717, 1.165) is 0 Å². The Bertz CT molecular complexity index is 1090. The number of carbonyl (C=O) groups is 2. The fraction of sp³-hybridized carbons (Fsp3) is 0.333. The van der Waals surface area contributed by atoms with Gasteiger partial charge in [-0.05, 0) is 62.7 Å². The molecule has 0 radical (unpaired) electrons. The van der Waals surface area contributed by atoms with Crippen LogP contribution in [0.2, 0.25) is 5.02 Å². The first kappa shape index (κ1) is 25.3. The van der Waals surface area contributed by atoms with E-state index in [1.54, 1.807) is 11.8 Å². The lowest BCUT2D eigenvalue weighted by molar-refractivity contribution is -0.139. The zero-order valence-electron chi connectivity index (χ0n) is 17.9. The highest BCUT2D eigenvalue weighted by Gasteiger charge is 2.18. The van der Waals surface area contributed by atoms with Gasteiger partial charge in [0.2, 0.25) is 0 Å². The van der Waals surface area contributed by atoms with Crippen LogP contribution in [0.1, 0.15) is 19.4 Å². The third-order valence-electron chi connectivity index (χ3n) is 4.46. The van der Waals surface area contributed by atoms with Crippen molar-refractivity contribution in [1.29, 1.82) is 0 Å². The predicted molar refractivity (Wildman–Crippen MR) is 120 cm³/mol. The van der Waals surface area contributed by atoms with E-state index in [4.69, 9.17) is 26.2 Å². The minimum Gasteiger partial charge on any atom is -0.482 e. The van der Waals surface area contributed by atoms with E-state index in [9.17, 15) is 18.0 Å². The first-order valence-corrected chi connectivity index (χ1v) is 11.6.